The minimum atomic E-state index is -0.654. The maximum atomic E-state index is 13.8. The first-order valence-corrected chi connectivity index (χ1v) is 6.45. The van der Waals surface area contributed by atoms with Crippen LogP contribution in [0, 0.1) is 17.5 Å². The number of nitrogens with one attached hydrogen (secondary N) is 1. The second-order valence-corrected chi connectivity index (χ2v) is 4.88. The zero-order valence-electron chi connectivity index (χ0n) is 10.8. The Morgan fingerprint density at radius 2 is 1.80 bits per heavy atom. The Hall–Kier alpha value is -1.52. The summed E-state index contributed by atoms with van der Waals surface area (Å²) in [5.41, 5.74) is 0.709. The Kier molecular flexibility index (Phi) is 4.68. The van der Waals surface area contributed by atoms with E-state index in [2.05, 4.69) is 5.32 Å². The molecule has 1 N–H and O–H groups in total. The molecule has 0 amide bonds. The summed E-state index contributed by atoms with van der Waals surface area (Å²) in [4.78, 5) is 0. The number of likely N-dealkylation sites (N-methyl/N-ethyl adjacent to an activating group) is 1. The van der Waals surface area contributed by atoms with E-state index < -0.39 is 23.5 Å². The smallest absolute Gasteiger partial charge is 0.130 e. The van der Waals surface area contributed by atoms with Gasteiger partial charge in [-0.3, -0.25) is 0 Å². The van der Waals surface area contributed by atoms with Gasteiger partial charge in [0, 0.05) is 22.7 Å². The predicted molar refractivity (Wildman–Crippen MR) is 73.3 cm³/mol. The van der Waals surface area contributed by atoms with Gasteiger partial charge in [0.25, 0.3) is 0 Å². The summed E-state index contributed by atoms with van der Waals surface area (Å²) >= 11 is 5.69. The minimum absolute atomic E-state index is 0.238. The zero-order valence-corrected chi connectivity index (χ0v) is 11.5. The molecule has 2 aromatic carbocycles. The monoisotopic (exact) mass is 299 g/mol. The summed E-state index contributed by atoms with van der Waals surface area (Å²) in [6.07, 6.45) is 0.238. The first kappa shape index (κ1) is 14.9. The quantitative estimate of drug-likeness (QED) is 0.889. The summed E-state index contributed by atoms with van der Waals surface area (Å²) in [5.74, 6) is -1.74. The van der Waals surface area contributed by atoms with Crippen LogP contribution in [0.5, 0.6) is 0 Å². The van der Waals surface area contributed by atoms with Gasteiger partial charge >= 0.3 is 0 Å². The van der Waals surface area contributed by atoms with Gasteiger partial charge in [-0.05, 0) is 37.2 Å². The Balaban J connectivity index is 2.28. The molecule has 0 heterocycles. The third kappa shape index (κ3) is 3.32. The van der Waals surface area contributed by atoms with Gasteiger partial charge in [-0.25, -0.2) is 13.2 Å². The molecule has 0 saturated heterocycles. The van der Waals surface area contributed by atoms with E-state index in [1.807, 2.05) is 0 Å². The zero-order chi connectivity index (χ0) is 14.7. The molecular weight excluding hydrogens is 287 g/mol. The molecule has 2 rings (SSSR count). The number of rotatable bonds is 4. The van der Waals surface area contributed by atoms with E-state index in [1.54, 1.807) is 19.2 Å². The van der Waals surface area contributed by atoms with Crippen molar-refractivity contribution in [3.05, 3.63) is 70.0 Å². The van der Waals surface area contributed by atoms with Gasteiger partial charge in [0.05, 0.1) is 0 Å². The summed E-state index contributed by atoms with van der Waals surface area (Å²) in [7, 11) is 1.64. The van der Waals surface area contributed by atoms with Crippen LogP contribution in [-0.4, -0.2) is 7.05 Å². The topological polar surface area (TPSA) is 12.0 Å². The van der Waals surface area contributed by atoms with Gasteiger partial charge in [0.1, 0.15) is 17.5 Å². The molecular formula is C15H13ClF3N. The Labute approximate surface area is 120 Å². The summed E-state index contributed by atoms with van der Waals surface area (Å²) in [5, 5.41) is 3.21. The highest BCUT2D eigenvalue weighted by molar-refractivity contribution is 6.30. The molecule has 1 unspecified atom stereocenters. The fourth-order valence-corrected chi connectivity index (χ4v) is 2.22. The fourth-order valence-electron chi connectivity index (χ4n) is 2.06. The molecule has 0 aliphatic carbocycles. The van der Waals surface area contributed by atoms with Crippen molar-refractivity contribution in [1.29, 1.82) is 0 Å². The van der Waals surface area contributed by atoms with Crippen LogP contribution in [0.2, 0.25) is 5.02 Å². The second-order valence-electron chi connectivity index (χ2n) is 4.45. The Morgan fingerprint density at radius 3 is 2.40 bits per heavy atom. The molecule has 0 fully saturated rings. The van der Waals surface area contributed by atoms with Crippen molar-refractivity contribution in [3.63, 3.8) is 0 Å². The van der Waals surface area contributed by atoms with Crippen molar-refractivity contribution >= 4 is 11.6 Å². The van der Waals surface area contributed by atoms with Gasteiger partial charge < -0.3 is 5.32 Å². The first-order valence-electron chi connectivity index (χ1n) is 6.07. The largest absolute Gasteiger partial charge is 0.313 e. The van der Waals surface area contributed by atoms with E-state index in [1.165, 1.54) is 18.2 Å². The molecule has 0 saturated carbocycles. The lowest BCUT2D eigenvalue weighted by Crippen LogP contribution is -2.20. The third-order valence-electron chi connectivity index (χ3n) is 3.13. The molecule has 1 atom stereocenters. The van der Waals surface area contributed by atoms with Crippen LogP contribution in [0.15, 0.2) is 36.4 Å². The molecule has 0 spiro atoms. The van der Waals surface area contributed by atoms with Crippen LogP contribution in [0.3, 0.4) is 0 Å². The van der Waals surface area contributed by atoms with Crippen LogP contribution in [-0.2, 0) is 6.42 Å². The molecule has 0 aromatic heterocycles. The van der Waals surface area contributed by atoms with E-state index in [-0.39, 0.29) is 6.42 Å². The molecule has 5 heteroatoms. The maximum absolute atomic E-state index is 13.8. The van der Waals surface area contributed by atoms with Gasteiger partial charge in [-0.15, -0.1) is 0 Å². The summed E-state index contributed by atoms with van der Waals surface area (Å²) < 4.78 is 40.4. The highest BCUT2D eigenvalue weighted by Gasteiger charge is 2.17. The van der Waals surface area contributed by atoms with Gasteiger partial charge in [-0.2, -0.15) is 0 Å². The number of hydrogen-bond acceptors (Lipinski definition) is 1. The highest BCUT2D eigenvalue weighted by atomic mass is 35.5. The third-order valence-corrected chi connectivity index (χ3v) is 3.36. The van der Waals surface area contributed by atoms with Gasteiger partial charge in [0.15, 0.2) is 0 Å². The summed E-state index contributed by atoms with van der Waals surface area (Å²) in [6.45, 7) is 0. The van der Waals surface area contributed by atoms with Crippen LogP contribution in [0.25, 0.3) is 0 Å². The van der Waals surface area contributed by atoms with Crippen LogP contribution in [0.1, 0.15) is 17.2 Å². The molecule has 0 aliphatic rings. The first-order chi connectivity index (χ1) is 9.51. The van der Waals surface area contributed by atoms with Crippen LogP contribution < -0.4 is 5.32 Å². The molecule has 0 bridgehead atoms. The van der Waals surface area contributed by atoms with E-state index in [0.29, 0.717) is 16.1 Å². The lowest BCUT2D eigenvalue weighted by atomic mass is 9.98. The molecule has 2 aromatic rings. The standard InChI is InChI=1S/C15H13ClF3N/c1-20-15(12-5-4-11(17)8-14(12)19)6-9-2-3-10(16)7-13(9)18/h2-5,7-8,15,20H,6H2,1H3. The number of hydrogen-bond donors (Lipinski definition) is 1. The SMILES string of the molecule is CNC(Cc1ccc(Cl)cc1F)c1ccc(F)cc1F. The molecule has 0 aliphatic heterocycles. The molecule has 106 valence electrons. The van der Waals surface area contributed by atoms with E-state index in [0.717, 1.165) is 6.07 Å². The Bertz CT molecular complexity index is 616. The van der Waals surface area contributed by atoms with Crippen molar-refractivity contribution in [2.24, 2.45) is 0 Å². The van der Waals surface area contributed by atoms with E-state index in [9.17, 15) is 13.2 Å². The van der Waals surface area contributed by atoms with E-state index in [4.69, 9.17) is 11.6 Å². The van der Waals surface area contributed by atoms with Gasteiger partial charge in [-0.1, -0.05) is 23.7 Å². The number of halogens is 4. The average Bonchev–Trinajstić information content (AvgIpc) is 2.39. The average molecular weight is 300 g/mol. The molecule has 20 heavy (non-hydrogen) atoms. The van der Waals surface area contributed by atoms with Crippen molar-refractivity contribution in [2.75, 3.05) is 7.05 Å². The van der Waals surface area contributed by atoms with Crippen molar-refractivity contribution in [3.8, 4) is 0 Å². The van der Waals surface area contributed by atoms with Crippen molar-refractivity contribution in [1.82, 2.24) is 5.32 Å². The lowest BCUT2D eigenvalue weighted by molar-refractivity contribution is 0.511. The van der Waals surface area contributed by atoms with Crippen molar-refractivity contribution < 1.29 is 13.2 Å². The normalized spacial score (nSPS) is 12.4. The van der Waals surface area contributed by atoms with E-state index >= 15 is 0 Å². The Morgan fingerprint density at radius 1 is 1.05 bits per heavy atom. The maximum Gasteiger partial charge on any atom is 0.130 e. The van der Waals surface area contributed by atoms with Gasteiger partial charge in [0.2, 0.25) is 0 Å². The number of benzene rings is 2. The predicted octanol–water partition coefficient (Wildman–Crippen LogP) is 4.26. The van der Waals surface area contributed by atoms with Crippen LogP contribution >= 0.6 is 11.6 Å². The minimum Gasteiger partial charge on any atom is -0.313 e. The second kappa shape index (κ2) is 6.29. The summed E-state index contributed by atoms with van der Waals surface area (Å²) in [6, 6.07) is 7.26. The fraction of sp³-hybridized carbons (Fsp3) is 0.200. The lowest BCUT2D eigenvalue weighted by Gasteiger charge is -2.18. The molecule has 0 radical (unpaired) electrons. The molecule has 1 nitrogen and oxygen atoms in total. The van der Waals surface area contributed by atoms with Crippen LogP contribution in [0.4, 0.5) is 13.2 Å². The highest BCUT2D eigenvalue weighted by Crippen LogP contribution is 2.24. The van der Waals surface area contributed by atoms with Crippen molar-refractivity contribution in [2.45, 2.75) is 12.5 Å².